The fraction of sp³-hybridized carbons (Fsp3) is 0.700. The molecular weight excluding hydrogens is 254 g/mol. The van der Waals surface area contributed by atoms with Crippen molar-refractivity contribution in [1.82, 2.24) is 5.32 Å². The van der Waals surface area contributed by atoms with Crippen molar-refractivity contribution >= 4 is 0 Å². The SMILES string of the molecule is CC(C)CNCC(C)(Cc1ccc(C(C)C)cc1)C(C)C. The first-order valence-electron chi connectivity index (χ1n) is 8.54. The molecule has 1 unspecified atom stereocenters. The second kappa shape index (κ2) is 7.98. The Morgan fingerprint density at radius 1 is 0.952 bits per heavy atom. The van der Waals surface area contributed by atoms with Crippen molar-refractivity contribution < 1.29 is 0 Å². The molecule has 0 heterocycles. The van der Waals surface area contributed by atoms with E-state index in [1.165, 1.54) is 11.1 Å². The van der Waals surface area contributed by atoms with Gasteiger partial charge in [-0.15, -0.1) is 0 Å². The van der Waals surface area contributed by atoms with Gasteiger partial charge in [-0.1, -0.05) is 72.7 Å². The van der Waals surface area contributed by atoms with E-state index >= 15 is 0 Å². The Morgan fingerprint density at radius 3 is 1.95 bits per heavy atom. The van der Waals surface area contributed by atoms with Gasteiger partial charge in [0.1, 0.15) is 0 Å². The van der Waals surface area contributed by atoms with Gasteiger partial charge in [-0.3, -0.25) is 0 Å². The van der Waals surface area contributed by atoms with Gasteiger partial charge in [-0.25, -0.2) is 0 Å². The Morgan fingerprint density at radius 2 is 1.52 bits per heavy atom. The molecule has 0 amide bonds. The predicted molar refractivity (Wildman–Crippen MR) is 94.9 cm³/mol. The van der Waals surface area contributed by atoms with E-state index in [0.717, 1.165) is 19.5 Å². The van der Waals surface area contributed by atoms with E-state index in [1.54, 1.807) is 0 Å². The minimum absolute atomic E-state index is 0.314. The molecule has 0 aromatic heterocycles. The van der Waals surface area contributed by atoms with Gasteiger partial charge in [0, 0.05) is 6.54 Å². The van der Waals surface area contributed by atoms with Crippen molar-refractivity contribution in [3.63, 3.8) is 0 Å². The lowest BCUT2D eigenvalue weighted by Crippen LogP contribution is -2.39. The van der Waals surface area contributed by atoms with Gasteiger partial charge in [0.25, 0.3) is 0 Å². The summed E-state index contributed by atoms with van der Waals surface area (Å²) in [4.78, 5) is 0. The van der Waals surface area contributed by atoms with Gasteiger partial charge in [-0.2, -0.15) is 0 Å². The van der Waals surface area contributed by atoms with E-state index in [2.05, 4.69) is 78.0 Å². The van der Waals surface area contributed by atoms with Crippen LogP contribution in [-0.2, 0) is 6.42 Å². The molecule has 1 rings (SSSR count). The lowest BCUT2D eigenvalue weighted by molar-refractivity contribution is 0.205. The molecule has 0 fully saturated rings. The van der Waals surface area contributed by atoms with Crippen LogP contribution in [0.25, 0.3) is 0 Å². The number of hydrogen-bond donors (Lipinski definition) is 1. The highest BCUT2D eigenvalue weighted by molar-refractivity contribution is 5.25. The molecule has 1 heteroatoms. The first kappa shape index (κ1) is 18.2. The van der Waals surface area contributed by atoms with Crippen molar-refractivity contribution in [3.8, 4) is 0 Å². The molecular formula is C20H35N. The molecule has 0 aliphatic carbocycles. The van der Waals surface area contributed by atoms with E-state index in [1.807, 2.05) is 0 Å². The lowest BCUT2D eigenvalue weighted by Gasteiger charge is -2.35. The first-order valence-corrected chi connectivity index (χ1v) is 8.54. The van der Waals surface area contributed by atoms with E-state index in [9.17, 15) is 0 Å². The van der Waals surface area contributed by atoms with Crippen LogP contribution in [0.15, 0.2) is 24.3 Å². The minimum Gasteiger partial charge on any atom is -0.316 e. The van der Waals surface area contributed by atoms with Crippen LogP contribution in [0.3, 0.4) is 0 Å². The number of hydrogen-bond acceptors (Lipinski definition) is 1. The summed E-state index contributed by atoms with van der Waals surface area (Å²) in [6.45, 7) is 18.4. The molecule has 120 valence electrons. The highest BCUT2D eigenvalue weighted by Crippen LogP contribution is 2.31. The molecule has 1 N–H and O–H groups in total. The summed E-state index contributed by atoms with van der Waals surface area (Å²) >= 11 is 0. The van der Waals surface area contributed by atoms with Gasteiger partial charge < -0.3 is 5.32 Å². The van der Waals surface area contributed by atoms with Crippen LogP contribution in [0, 0.1) is 17.3 Å². The smallest absolute Gasteiger partial charge is 0.00109 e. The summed E-state index contributed by atoms with van der Waals surface area (Å²) in [6, 6.07) is 9.22. The maximum atomic E-state index is 3.66. The number of rotatable bonds is 8. The summed E-state index contributed by atoms with van der Waals surface area (Å²) in [5.74, 6) is 2.00. The van der Waals surface area contributed by atoms with Gasteiger partial charge in [0.2, 0.25) is 0 Å². The van der Waals surface area contributed by atoms with Gasteiger partial charge in [0.15, 0.2) is 0 Å². The summed E-state index contributed by atoms with van der Waals surface area (Å²) in [6.07, 6.45) is 1.15. The van der Waals surface area contributed by atoms with Crippen molar-refractivity contribution in [1.29, 1.82) is 0 Å². The molecule has 1 nitrogen and oxygen atoms in total. The average molecular weight is 290 g/mol. The van der Waals surface area contributed by atoms with Gasteiger partial charge in [0.05, 0.1) is 0 Å². The van der Waals surface area contributed by atoms with Crippen LogP contribution in [0.2, 0.25) is 0 Å². The largest absolute Gasteiger partial charge is 0.316 e. The highest BCUT2D eigenvalue weighted by atomic mass is 14.9. The Balaban J connectivity index is 2.72. The van der Waals surface area contributed by atoms with Crippen LogP contribution < -0.4 is 5.32 Å². The van der Waals surface area contributed by atoms with Crippen molar-refractivity contribution in [2.45, 2.75) is 60.8 Å². The average Bonchev–Trinajstić information content (AvgIpc) is 2.38. The Hall–Kier alpha value is -0.820. The monoisotopic (exact) mass is 289 g/mol. The molecule has 0 aliphatic rings. The molecule has 0 aliphatic heterocycles. The summed E-state index contributed by atoms with van der Waals surface area (Å²) in [5, 5.41) is 3.66. The molecule has 1 atom stereocenters. The Bertz CT molecular complexity index is 402. The number of nitrogens with one attached hydrogen (secondary N) is 1. The quantitative estimate of drug-likeness (QED) is 0.688. The molecule has 0 bridgehead atoms. The molecule has 0 saturated heterocycles. The maximum Gasteiger partial charge on any atom is 0.00109 e. The predicted octanol–water partition coefficient (Wildman–Crippen LogP) is 5.26. The topological polar surface area (TPSA) is 12.0 Å². The van der Waals surface area contributed by atoms with Crippen LogP contribution in [0.5, 0.6) is 0 Å². The van der Waals surface area contributed by atoms with E-state index in [-0.39, 0.29) is 0 Å². The van der Waals surface area contributed by atoms with Crippen molar-refractivity contribution in [2.75, 3.05) is 13.1 Å². The highest BCUT2D eigenvalue weighted by Gasteiger charge is 2.28. The zero-order valence-electron chi connectivity index (χ0n) is 15.2. The number of benzene rings is 1. The second-order valence-corrected chi connectivity index (χ2v) is 7.91. The lowest BCUT2D eigenvalue weighted by atomic mass is 9.74. The fourth-order valence-electron chi connectivity index (χ4n) is 2.60. The van der Waals surface area contributed by atoms with Gasteiger partial charge in [-0.05, 0) is 47.3 Å². The molecule has 0 spiro atoms. The normalized spacial score (nSPS) is 15.0. The van der Waals surface area contributed by atoms with Crippen LogP contribution in [0.1, 0.15) is 65.5 Å². The Kier molecular flexibility index (Phi) is 6.93. The van der Waals surface area contributed by atoms with E-state index in [4.69, 9.17) is 0 Å². The molecule has 0 saturated carbocycles. The molecule has 1 aromatic carbocycles. The summed E-state index contributed by atoms with van der Waals surface area (Å²) < 4.78 is 0. The Labute approximate surface area is 132 Å². The van der Waals surface area contributed by atoms with Crippen molar-refractivity contribution in [2.24, 2.45) is 17.3 Å². The summed E-state index contributed by atoms with van der Waals surface area (Å²) in [7, 11) is 0. The second-order valence-electron chi connectivity index (χ2n) is 7.91. The standard InChI is InChI=1S/C20H35N/c1-15(2)13-21-14-20(7,17(5)6)12-18-8-10-19(11-9-18)16(3)4/h8-11,15-17,21H,12-14H2,1-7H3. The minimum atomic E-state index is 0.314. The first-order chi connectivity index (χ1) is 9.74. The fourth-order valence-corrected chi connectivity index (χ4v) is 2.60. The third-order valence-electron chi connectivity index (χ3n) is 4.73. The van der Waals surface area contributed by atoms with Crippen LogP contribution >= 0.6 is 0 Å². The van der Waals surface area contributed by atoms with Crippen molar-refractivity contribution in [3.05, 3.63) is 35.4 Å². The zero-order chi connectivity index (χ0) is 16.0. The molecule has 0 radical (unpaired) electrons. The van der Waals surface area contributed by atoms with Crippen LogP contribution in [-0.4, -0.2) is 13.1 Å². The van der Waals surface area contributed by atoms with Crippen LogP contribution in [0.4, 0.5) is 0 Å². The van der Waals surface area contributed by atoms with E-state index in [0.29, 0.717) is 23.2 Å². The summed E-state index contributed by atoms with van der Waals surface area (Å²) in [5.41, 5.74) is 3.21. The zero-order valence-corrected chi connectivity index (χ0v) is 15.2. The third-order valence-corrected chi connectivity index (χ3v) is 4.73. The molecule has 21 heavy (non-hydrogen) atoms. The maximum absolute atomic E-state index is 3.66. The van der Waals surface area contributed by atoms with E-state index < -0.39 is 0 Å². The molecule has 1 aromatic rings. The third kappa shape index (κ3) is 5.82. The van der Waals surface area contributed by atoms with Gasteiger partial charge >= 0.3 is 0 Å².